The van der Waals surface area contributed by atoms with Gasteiger partial charge < -0.3 is 29.2 Å². The number of fused-ring (bicyclic) bond motifs is 4. The second kappa shape index (κ2) is 6.56. The first-order chi connectivity index (χ1) is 12.9. The monoisotopic (exact) mass is 378 g/mol. The van der Waals surface area contributed by atoms with E-state index in [0.29, 0.717) is 12.8 Å². The van der Waals surface area contributed by atoms with Crippen molar-refractivity contribution in [1.82, 2.24) is 0 Å². The number of hydrogen-bond acceptors (Lipinski definition) is 8. The van der Waals surface area contributed by atoms with Crippen LogP contribution in [0.3, 0.4) is 0 Å². The van der Waals surface area contributed by atoms with Crippen molar-refractivity contribution in [1.29, 1.82) is 0 Å². The van der Waals surface area contributed by atoms with E-state index in [4.69, 9.17) is 24.1 Å². The van der Waals surface area contributed by atoms with Gasteiger partial charge in [0.25, 0.3) is 0 Å². The third-order valence-electron chi connectivity index (χ3n) is 5.74. The van der Waals surface area contributed by atoms with E-state index in [1.165, 1.54) is 0 Å². The summed E-state index contributed by atoms with van der Waals surface area (Å²) in [6, 6.07) is 0. The molecule has 0 radical (unpaired) electrons. The van der Waals surface area contributed by atoms with Gasteiger partial charge in [-0.2, -0.15) is 0 Å². The topological polar surface area (TPSA) is 115 Å². The summed E-state index contributed by atoms with van der Waals surface area (Å²) in [6.07, 6.45) is 0.352. The second-order valence-electron chi connectivity index (χ2n) is 7.42. The Morgan fingerprint density at radius 1 is 1.44 bits per heavy atom. The first-order valence-corrected chi connectivity index (χ1v) is 8.92. The maximum atomic E-state index is 12.3. The molecule has 4 aliphatic heterocycles. The van der Waals surface area contributed by atoms with Crippen molar-refractivity contribution in [2.24, 2.45) is 5.92 Å². The van der Waals surface area contributed by atoms with Gasteiger partial charge in [-0.1, -0.05) is 13.2 Å². The van der Waals surface area contributed by atoms with Crippen LogP contribution >= 0.6 is 0 Å². The minimum Gasteiger partial charge on any atom is -0.458 e. The summed E-state index contributed by atoms with van der Waals surface area (Å²) in [5.41, 5.74) is -0.0403. The molecule has 3 saturated heterocycles. The molecule has 4 heterocycles. The van der Waals surface area contributed by atoms with E-state index < -0.39 is 48.6 Å². The molecule has 0 saturated carbocycles. The van der Waals surface area contributed by atoms with E-state index in [0.717, 1.165) is 5.57 Å². The molecule has 6 atom stereocenters. The van der Waals surface area contributed by atoms with E-state index in [1.807, 2.05) is 0 Å². The van der Waals surface area contributed by atoms with Crippen LogP contribution in [0.25, 0.3) is 0 Å². The highest BCUT2D eigenvalue weighted by Gasteiger charge is 2.65. The fraction of sp³-hybridized carbons (Fsp3) is 0.579. The van der Waals surface area contributed by atoms with Crippen LogP contribution in [-0.4, -0.2) is 65.6 Å². The summed E-state index contributed by atoms with van der Waals surface area (Å²) >= 11 is 0. The zero-order valence-corrected chi connectivity index (χ0v) is 14.8. The fourth-order valence-corrected chi connectivity index (χ4v) is 4.13. The molecule has 3 fully saturated rings. The maximum absolute atomic E-state index is 12.3. The number of aliphatic hydroxyl groups is 2. The molecular weight excluding hydrogens is 356 g/mol. The minimum absolute atomic E-state index is 0.109. The molecule has 146 valence electrons. The van der Waals surface area contributed by atoms with Crippen molar-refractivity contribution in [3.8, 4) is 0 Å². The highest BCUT2D eigenvalue weighted by Crippen LogP contribution is 2.51. The van der Waals surface area contributed by atoms with Crippen molar-refractivity contribution in [3.05, 3.63) is 36.0 Å². The van der Waals surface area contributed by atoms with E-state index in [9.17, 15) is 14.7 Å². The molecule has 2 N–H and O–H groups in total. The Kier molecular flexibility index (Phi) is 4.46. The minimum atomic E-state index is -1.18. The first kappa shape index (κ1) is 18.4. The Bertz CT molecular complexity index is 740. The van der Waals surface area contributed by atoms with Gasteiger partial charge in [0.05, 0.1) is 30.8 Å². The number of carbonyl (C=O) groups excluding carboxylic acids is 2. The van der Waals surface area contributed by atoms with Crippen LogP contribution in [0.4, 0.5) is 0 Å². The standard InChI is InChI=1S/C19H22O8/c1-9(7-20)16(21)26-13-6-19-14(27-19)4-3-11(8-24-18(19)23)5-12-15(13)10(2)17(22)25-12/h5,12-15,18,20,23H,1-4,6-8H2/b11-5-/t12-,13+,14-,15+,18+,19-/m1/s1. The number of ether oxygens (including phenoxy) is 4. The van der Waals surface area contributed by atoms with Gasteiger partial charge in [0, 0.05) is 12.0 Å². The van der Waals surface area contributed by atoms with Crippen molar-refractivity contribution in [2.75, 3.05) is 13.2 Å². The van der Waals surface area contributed by atoms with Gasteiger partial charge in [-0.05, 0) is 24.5 Å². The van der Waals surface area contributed by atoms with Gasteiger partial charge in [-0.3, -0.25) is 0 Å². The van der Waals surface area contributed by atoms with Crippen molar-refractivity contribution in [3.63, 3.8) is 0 Å². The third-order valence-corrected chi connectivity index (χ3v) is 5.74. The van der Waals surface area contributed by atoms with Gasteiger partial charge in [0.1, 0.15) is 17.8 Å². The third kappa shape index (κ3) is 3.02. The normalized spacial score (nSPS) is 42.1. The number of hydrogen-bond donors (Lipinski definition) is 2. The molecule has 27 heavy (non-hydrogen) atoms. The Hall–Kier alpha value is -2.00. The first-order valence-electron chi connectivity index (χ1n) is 8.92. The lowest BCUT2D eigenvalue weighted by Gasteiger charge is -2.33. The van der Waals surface area contributed by atoms with E-state index in [2.05, 4.69) is 13.2 Å². The van der Waals surface area contributed by atoms with Gasteiger partial charge in [-0.25, -0.2) is 9.59 Å². The highest BCUT2D eigenvalue weighted by molar-refractivity contribution is 5.92. The Morgan fingerprint density at radius 2 is 2.22 bits per heavy atom. The van der Waals surface area contributed by atoms with E-state index in [1.54, 1.807) is 6.08 Å². The van der Waals surface area contributed by atoms with Crippen LogP contribution in [0.1, 0.15) is 19.3 Å². The van der Waals surface area contributed by atoms with E-state index >= 15 is 0 Å². The molecule has 0 amide bonds. The van der Waals surface area contributed by atoms with Gasteiger partial charge in [0.15, 0.2) is 6.29 Å². The summed E-state index contributed by atoms with van der Waals surface area (Å²) in [6.45, 7) is 6.95. The summed E-state index contributed by atoms with van der Waals surface area (Å²) in [7, 11) is 0. The Balaban J connectivity index is 1.74. The number of esters is 2. The van der Waals surface area contributed by atoms with Crippen LogP contribution in [0.2, 0.25) is 0 Å². The number of rotatable bonds is 3. The Morgan fingerprint density at radius 3 is 2.96 bits per heavy atom. The van der Waals surface area contributed by atoms with Crippen LogP contribution in [0.5, 0.6) is 0 Å². The molecule has 0 unspecified atom stereocenters. The molecule has 1 aliphatic carbocycles. The second-order valence-corrected chi connectivity index (χ2v) is 7.42. The van der Waals surface area contributed by atoms with E-state index in [-0.39, 0.29) is 30.3 Å². The van der Waals surface area contributed by atoms with Crippen molar-refractivity contribution in [2.45, 2.75) is 49.5 Å². The van der Waals surface area contributed by atoms with Gasteiger partial charge in [0.2, 0.25) is 0 Å². The largest absolute Gasteiger partial charge is 0.458 e. The molecular formula is C19H22O8. The predicted molar refractivity (Wildman–Crippen MR) is 90.1 cm³/mol. The lowest BCUT2D eigenvalue weighted by Crippen LogP contribution is -2.45. The predicted octanol–water partition coefficient (Wildman–Crippen LogP) is 0.141. The van der Waals surface area contributed by atoms with Gasteiger partial charge in [-0.15, -0.1) is 0 Å². The summed E-state index contributed by atoms with van der Waals surface area (Å²) < 4.78 is 22.4. The highest BCUT2D eigenvalue weighted by atomic mass is 16.7. The average molecular weight is 378 g/mol. The molecule has 5 rings (SSSR count). The molecule has 0 aromatic heterocycles. The summed E-state index contributed by atoms with van der Waals surface area (Å²) in [4.78, 5) is 24.4. The smallest absolute Gasteiger partial charge is 0.336 e. The maximum Gasteiger partial charge on any atom is 0.336 e. The Labute approximate surface area is 156 Å². The van der Waals surface area contributed by atoms with Crippen LogP contribution < -0.4 is 0 Å². The fourth-order valence-electron chi connectivity index (χ4n) is 4.13. The van der Waals surface area contributed by atoms with Gasteiger partial charge >= 0.3 is 11.9 Å². The zero-order valence-electron chi connectivity index (χ0n) is 14.8. The molecule has 8 nitrogen and oxygen atoms in total. The number of aliphatic hydroxyl groups excluding tert-OH is 2. The SMILES string of the molecule is C=C(CO)C(=O)O[C@H]1C[C@@]23O[C@@H]2CC/C(=C/[C@H]2OC(=O)C(=C)[C@H]12)CO[C@@H]3O. The quantitative estimate of drug-likeness (QED) is 0.308. The average Bonchev–Trinajstić information content (AvgIpc) is 3.26. The molecule has 8 heteroatoms. The number of carbonyl (C=O) groups is 2. The van der Waals surface area contributed by atoms with Crippen LogP contribution in [0, 0.1) is 5.92 Å². The molecule has 0 aromatic carbocycles. The zero-order chi connectivity index (χ0) is 19.3. The van der Waals surface area contributed by atoms with Crippen LogP contribution in [-0.2, 0) is 28.5 Å². The molecule has 0 aromatic rings. The lowest BCUT2D eigenvalue weighted by molar-refractivity contribution is -0.163. The van der Waals surface area contributed by atoms with Crippen LogP contribution in [0.15, 0.2) is 36.0 Å². The van der Waals surface area contributed by atoms with Crippen molar-refractivity contribution < 1.29 is 38.7 Å². The summed E-state index contributed by atoms with van der Waals surface area (Å²) in [5, 5.41) is 19.7. The molecule has 1 spiro atoms. The lowest BCUT2D eigenvalue weighted by atomic mass is 9.81. The summed E-state index contributed by atoms with van der Waals surface area (Å²) in [5.74, 6) is -1.95. The van der Waals surface area contributed by atoms with Crippen molar-refractivity contribution >= 4 is 11.9 Å². The number of epoxide rings is 1. The molecule has 5 aliphatic rings. The molecule has 2 bridgehead atoms.